The van der Waals surface area contributed by atoms with Gasteiger partial charge >= 0.3 is 0 Å². The van der Waals surface area contributed by atoms with Crippen LogP contribution in [0.25, 0.3) is 0 Å². The molecular formula is C14H21N5S2. The van der Waals surface area contributed by atoms with Crippen LogP contribution in [0.3, 0.4) is 0 Å². The Labute approximate surface area is 133 Å². The van der Waals surface area contributed by atoms with Gasteiger partial charge in [0.1, 0.15) is 0 Å². The maximum absolute atomic E-state index is 4.54. The van der Waals surface area contributed by atoms with Crippen LogP contribution < -0.4 is 15.5 Å². The monoisotopic (exact) mass is 323 g/mol. The molecule has 0 bridgehead atoms. The lowest BCUT2D eigenvalue weighted by Crippen LogP contribution is -2.36. The van der Waals surface area contributed by atoms with Gasteiger partial charge in [0.2, 0.25) is 0 Å². The highest BCUT2D eigenvalue weighted by molar-refractivity contribution is 7.13. The lowest BCUT2D eigenvalue weighted by molar-refractivity contribution is 0.801. The van der Waals surface area contributed by atoms with Crippen molar-refractivity contribution < 1.29 is 0 Å². The van der Waals surface area contributed by atoms with Crippen LogP contribution in [0, 0.1) is 6.92 Å². The van der Waals surface area contributed by atoms with Crippen molar-refractivity contribution in [2.45, 2.75) is 20.0 Å². The summed E-state index contributed by atoms with van der Waals surface area (Å²) in [6.07, 6.45) is 0. The first-order valence-electron chi connectivity index (χ1n) is 6.69. The summed E-state index contributed by atoms with van der Waals surface area (Å²) in [6.45, 7) is 3.60. The van der Waals surface area contributed by atoms with Gasteiger partial charge in [-0.15, -0.1) is 22.7 Å². The average Bonchev–Trinajstić information content (AvgIpc) is 3.08. The van der Waals surface area contributed by atoms with Crippen molar-refractivity contribution in [3.05, 3.63) is 33.0 Å². The van der Waals surface area contributed by atoms with E-state index in [1.807, 2.05) is 19.0 Å². The van der Waals surface area contributed by atoms with Gasteiger partial charge in [-0.2, -0.15) is 0 Å². The van der Waals surface area contributed by atoms with Crippen LogP contribution in [-0.4, -0.2) is 32.1 Å². The van der Waals surface area contributed by atoms with Crippen molar-refractivity contribution in [1.82, 2.24) is 15.6 Å². The van der Waals surface area contributed by atoms with Crippen molar-refractivity contribution in [3.63, 3.8) is 0 Å². The van der Waals surface area contributed by atoms with E-state index in [0.29, 0.717) is 6.54 Å². The Bertz CT molecular complexity index is 600. The van der Waals surface area contributed by atoms with E-state index in [1.54, 1.807) is 29.7 Å². The quantitative estimate of drug-likeness (QED) is 0.655. The van der Waals surface area contributed by atoms with Crippen LogP contribution in [0.15, 0.2) is 21.8 Å². The number of nitrogens with zero attached hydrogens (tertiary/aromatic N) is 3. The second-order valence-electron chi connectivity index (χ2n) is 4.82. The first kappa shape index (κ1) is 15.8. The lowest BCUT2D eigenvalue weighted by atomic mass is 10.3. The summed E-state index contributed by atoms with van der Waals surface area (Å²) in [6, 6.07) is 2.13. The number of hydrogen-bond acceptors (Lipinski definition) is 5. The maximum Gasteiger partial charge on any atom is 0.191 e. The number of rotatable bonds is 5. The summed E-state index contributed by atoms with van der Waals surface area (Å²) in [4.78, 5) is 12.1. The van der Waals surface area contributed by atoms with E-state index < -0.39 is 0 Å². The molecule has 0 saturated carbocycles. The highest BCUT2D eigenvalue weighted by atomic mass is 32.1. The van der Waals surface area contributed by atoms with E-state index in [4.69, 9.17) is 0 Å². The summed E-state index contributed by atoms with van der Waals surface area (Å²) >= 11 is 3.41. The lowest BCUT2D eigenvalue weighted by Gasteiger charge is -2.11. The van der Waals surface area contributed by atoms with Gasteiger partial charge in [-0.3, -0.25) is 4.99 Å². The topological polar surface area (TPSA) is 52.6 Å². The second-order valence-corrected chi connectivity index (χ2v) is 6.66. The van der Waals surface area contributed by atoms with Crippen molar-refractivity contribution in [2.24, 2.45) is 4.99 Å². The Morgan fingerprint density at radius 1 is 1.29 bits per heavy atom. The van der Waals surface area contributed by atoms with Gasteiger partial charge in [-0.05, 0) is 23.9 Å². The van der Waals surface area contributed by atoms with Crippen molar-refractivity contribution in [2.75, 3.05) is 26.0 Å². The van der Waals surface area contributed by atoms with Crippen LogP contribution in [0.1, 0.15) is 16.1 Å². The van der Waals surface area contributed by atoms with E-state index in [-0.39, 0.29) is 0 Å². The molecule has 0 atom stereocenters. The van der Waals surface area contributed by atoms with Gasteiger partial charge in [0.15, 0.2) is 11.1 Å². The van der Waals surface area contributed by atoms with Crippen molar-refractivity contribution >= 4 is 33.8 Å². The predicted octanol–water partition coefficient (Wildman–Crippen LogP) is 2.44. The number of thiazole rings is 1. The number of anilines is 1. The molecule has 2 rings (SSSR count). The first-order chi connectivity index (χ1) is 10.1. The Hall–Kier alpha value is -1.60. The second kappa shape index (κ2) is 7.42. The van der Waals surface area contributed by atoms with E-state index in [9.17, 15) is 0 Å². The van der Waals surface area contributed by atoms with Crippen molar-refractivity contribution in [3.8, 4) is 0 Å². The molecule has 5 nitrogen and oxygen atoms in total. The Morgan fingerprint density at radius 2 is 2.05 bits per heavy atom. The normalized spacial score (nSPS) is 11.5. The van der Waals surface area contributed by atoms with Gasteiger partial charge in [0.25, 0.3) is 0 Å². The van der Waals surface area contributed by atoms with Gasteiger partial charge in [-0.1, -0.05) is 0 Å². The van der Waals surface area contributed by atoms with E-state index in [2.05, 4.69) is 44.4 Å². The van der Waals surface area contributed by atoms with Crippen LogP contribution in [0.5, 0.6) is 0 Å². The molecule has 0 aliphatic heterocycles. The van der Waals surface area contributed by atoms with Gasteiger partial charge in [-0.25, -0.2) is 4.98 Å². The fraction of sp³-hybridized carbons (Fsp3) is 0.429. The molecule has 2 aromatic rings. The fourth-order valence-electron chi connectivity index (χ4n) is 1.73. The summed E-state index contributed by atoms with van der Waals surface area (Å²) in [5, 5.41) is 11.8. The summed E-state index contributed by atoms with van der Waals surface area (Å²) < 4.78 is 0. The minimum absolute atomic E-state index is 0.674. The molecule has 0 amide bonds. The SMILES string of the molecule is CN=C(NCc1csc(N(C)C)n1)NCc1sccc1C. The van der Waals surface area contributed by atoms with Crippen LogP contribution >= 0.6 is 22.7 Å². The molecule has 0 spiro atoms. The molecule has 0 aliphatic carbocycles. The molecule has 0 aliphatic rings. The summed E-state index contributed by atoms with van der Waals surface area (Å²) in [7, 11) is 5.78. The van der Waals surface area contributed by atoms with E-state index in [1.165, 1.54) is 10.4 Å². The first-order valence-corrected chi connectivity index (χ1v) is 8.45. The predicted molar refractivity (Wildman–Crippen MR) is 92.5 cm³/mol. The molecular weight excluding hydrogens is 302 g/mol. The zero-order valence-electron chi connectivity index (χ0n) is 12.8. The van der Waals surface area contributed by atoms with Crippen LogP contribution in [0.2, 0.25) is 0 Å². The zero-order valence-corrected chi connectivity index (χ0v) is 14.4. The minimum atomic E-state index is 0.674. The molecule has 0 saturated heterocycles. The molecule has 0 unspecified atom stereocenters. The molecule has 114 valence electrons. The number of aliphatic imine (C=N–C) groups is 1. The van der Waals surface area contributed by atoms with Gasteiger partial charge in [0.05, 0.1) is 18.8 Å². The Kier molecular flexibility index (Phi) is 5.58. The Morgan fingerprint density at radius 3 is 2.62 bits per heavy atom. The van der Waals surface area contributed by atoms with E-state index >= 15 is 0 Å². The molecule has 21 heavy (non-hydrogen) atoms. The molecule has 2 N–H and O–H groups in total. The third-order valence-electron chi connectivity index (χ3n) is 2.97. The number of thiophene rings is 1. The third kappa shape index (κ3) is 4.44. The van der Waals surface area contributed by atoms with Gasteiger partial charge < -0.3 is 15.5 Å². The fourth-order valence-corrected chi connectivity index (χ4v) is 3.33. The highest BCUT2D eigenvalue weighted by Gasteiger charge is 2.05. The van der Waals surface area contributed by atoms with Gasteiger partial charge in [0, 0.05) is 31.4 Å². The van der Waals surface area contributed by atoms with Crippen molar-refractivity contribution in [1.29, 1.82) is 0 Å². The minimum Gasteiger partial charge on any atom is -0.354 e. The molecule has 0 fully saturated rings. The zero-order chi connectivity index (χ0) is 15.2. The molecule has 2 aromatic heterocycles. The van der Waals surface area contributed by atoms with Crippen LogP contribution in [0.4, 0.5) is 5.13 Å². The number of hydrogen-bond donors (Lipinski definition) is 2. The molecule has 0 aromatic carbocycles. The molecule has 7 heteroatoms. The third-order valence-corrected chi connectivity index (χ3v) is 5.05. The number of nitrogens with one attached hydrogen (secondary N) is 2. The maximum atomic E-state index is 4.54. The average molecular weight is 323 g/mol. The Balaban J connectivity index is 1.83. The number of aryl methyl sites for hydroxylation is 1. The number of guanidine groups is 1. The smallest absolute Gasteiger partial charge is 0.191 e. The summed E-state index contributed by atoms with van der Waals surface area (Å²) in [5.74, 6) is 0.794. The highest BCUT2D eigenvalue weighted by Crippen LogP contribution is 2.17. The number of aromatic nitrogens is 1. The summed E-state index contributed by atoms with van der Waals surface area (Å²) in [5.41, 5.74) is 2.34. The van der Waals surface area contributed by atoms with E-state index in [0.717, 1.165) is 23.3 Å². The molecule has 0 radical (unpaired) electrons. The molecule has 2 heterocycles. The standard InChI is InChI=1S/C14H21N5S2/c1-10-5-6-20-12(10)8-17-13(15-2)16-7-11-9-21-14(18-11)19(3)4/h5-6,9H,7-8H2,1-4H3,(H2,15,16,17). The van der Waals surface area contributed by atoms with Crippen LogP contribution in [-0.2, 0) is 13.1 Å². The largest absolute Gasteiger partial charge is 0.354 e.